The number of pyridine rings is 1. The van der Waals surface area contributed by atoms with Crippen molar-refractivity contribution >= 4 is 11.1 Å². The Morgan fingerprint density at radius 1 is 1.12 bits per heavy atom. The van der Waals surface area contributed by atoms with Crippen LogP contribution in [0.5, 0.6) is 5.88 Å². The summed E-state index contributed by atoms with van der Waals surface area (Å²) in [4.78, 5) is 8.56. The molecule has 0 unspecified atom stereocenters. The van der Waals surface area contributed by atoms with Gasteiger partial charge in [-0.25, -0.2) is 9.97 Å². The normalized spacial score (nSPS) is 14.3. The van der Waals surface area contributed by atoms with Crippen molar-refractivity contribution in [1.29, 1.82) is 0 Å². The average Bonchev–Trinajstić information content (AvgIpc) is 3.27. The number of fused-ring (bicyclic) bond motifs is 1. The van der Waals surface area contributed by atoms with E-state index < -0.39 is 0 Å². The van der Waals surface area contributed by atoms with Crippen LogP contribution >= 0.6 is 0 Å². The number of hydrogen-bond acceptors (Lipinski definition) is 4. The van der Waals surface area contributed by atoms with E-state index in [1.54, 1.807) is 0 Å². The summed E-state index contributed by atoms with van der Waals surface area (Å²) in [5, 5.41) is 0. The first-order chi connectivity index (χ1) is 12.2. The molecule has 0 N–H and O–H groups in total. The minimum atomic E-state index is 0.412. The molecule has 0 aliphatic heterocycles. The van der Waals surface area contributed by atoms with Crippen molar-refractivity contribution in [3.63, 3.8) is 0 Å². The van der Waals surface area contributed by atoms with Gasteiger partial charge in [-0.05, 0) is 56.7 Å². The van der Waals surface area contributed by atoms with Gasteiger partial charge in [0, 0.05) is 18.7 Å². The molecule has 2 aromatic heterocycles. The van der Waals surface area contributed by atoms with Gasteiger partial charge in [0.1, 0.15) is 11.6 Å². The number of para-hydroxylation sites is 2. The predicted molar refractivity (Wildman–Crippen MR) is 99.9 cm³/mol. The quantitative estimate of drug-likeness (QED) is 0.631. The average molecular weight is 338 g/mol. The lowest BCUT2D eigenvalue weighted by atomic mass is 10.3. The molecule has 4 rings (SSSR count). The molecule has 1 aliphatic rings. The lowest BCUT2D eigenvalue weighted by molar-refractivity contribution is 0.201. The summed E-state index contributed by atoms with van der Waals surface area (Å²) in [5.74, 6) is 1.62. The van der Waals surface area contributed by atoms with Crippen molar-refractivity contribution in [3.05, 3.63) is 54.0 Å². The monoisotopic (exact) mass is 338 g/mol. The molecular formula is C21H26N2O2. The molecule has 0 atom stereocenters. The molecule has 4 nitrogen and oxygen atoms in total. The summed E-state index contributed by atoms with van der Waals surface area (Å²) >= 11 is 0. The number of rotatable bonds is 4. The standard InChI is InChI=1S/C11H15NO.C10H11NO/c1-9-6-7-11(12-8-9)13-10-4-2-3-5-10;1-2-5-10-11-8-6-3-4-7-9(8)12-10/h6-8,10H,2-5H2,1H3;3-4,6-7H,2,5H2,1H3. The first kappa shape index (κ1) is 17.5. The van der Waals surface area contributed by atoms with Crippen LogP contribution in [0.25, 0.3) is 11.1 Å². The highest BCUT2D eigenvalue weighted by atomic mass is 16.5. The van der Waals surface area contributed by atoms with E-state index in [1.165, 1.54) is 31.2 Å². The van der Waals surface area contributed by atoms with Crippen LogP contribution in [0, 0.1) is 6.92 Å². The van der Waals surface area contributed by atoms with E-state index in [2.05, 4.69) is 16.9 Å². The number of oxazole rings is 1. The van der Waals surface area contributed by atoms with Gasteiger partial charge < -0.3 is 9.15 Å². The Morgan fingerprint density at radius 3 is 2.60 bits per heavy atom. The van der Waals surface area contributed by atoms with Crippen LogP contribution in [-0.2, 0) is 6.42 Å². The first-order valence-corrected chi connectivity index (χ1v) is 9.18. The van der Waals surface area contributed by atoms with E-state index in [1.807, 2.05) is 49.5 Å². The van der Waals surface area contributed by atoms with Crippen LogP contribution in [0.1, 0.15) is 50.5 Å². The Kier molecular flexibility index (Phi) is 6.04. The van der Waals surface area contributed by atoms with Crippen molar-refractivity contribution in [3.8, 4) is 5.88 Å². The van der Waals surface area contributed by atoms with Crippen LogP contribution in [0.2, 0.25) is 0 Å². The second-order valence-electron chi connectivity index (χ2n) is 6.52. The third-order valence-electron chi connectivity index (χ3n) is 4.28. The van der Waals surface area contributed by atoms with E-state index in [-0.39, 0.29) is 0 Å². The maximum absolute atomic E-state index is 5.72. The molecule has 4 heteroatoms. The highest BCUT2D eigenvalue weighted by Gasteiger charge is 2.16. The minimum absolute atomic E-state index is 0.412. The van der Waals surface area contributed by atoms with Gasteiger partial charge in [0.2, 0.25) is 5.88 Å². The largest absolute Gasteiger partial charge is 0.474 e. The van der Waals surface area contributed by atoms with Crippen LogP contribution in [-0.4, -0.2) is 16.1 Å². The maximum Gasteiger partial charge on any atom is 0.213 e. The van der Waals surface area contributed by atoms with Crippen molar-refractivity contribution in [2.75, 3.05) is 0 Å². The predicted octanol–water partition coefficient (Wildman–Crippen LogP) is 5.49. The molecule has 1 saturated carbocycles. The van der Waals surface area contributed by atoms with Gasteiger partial charge in [0.15, 0.2) is 11.5 Å². The second-order valence-corrected chi connectivity index (χ2v) is 6.52. The summed E-state index contributed by atoms with van der Waals surface area (Å²) in [5.41, 5.74) is 3.03. The van der Waals surface area contributed by atoms with Crippen LogP contribution < -0.4 is 4.74 Å². The van der Waals surface area contributed by atoms with Gasteiger partial charge >= 0.3 is 0 Å². The lowest BCUT2D eigenvalue weighted by Crippen LogP contribution is -2.11. The molecule has 1 aliphatic carbocycles. The first-order valence-electron chi connectivity index (χ1n) is 9.18. The Labute approximate surface area is 149 Å². The van der Waals surface area contributed by atoms with E-state index in [0.29, 0.717) is 6.10 Å². The van der Waals surface area contributed by atoms with Crippen molar-refractivity contribution in [1.82, 2.24) is 9.97 Å². The fraction of sp³-hybridized carbons (Fsp3) is 0.429. The molecule has 0 spiro atoms. The maximum atomic E-state index is 5.72. The van der Waals surface area contributed by atoms with Gasteiger partial charge in [-0.2, -0.15) is 0 Å². The summed E-state index contributed by atoms with van der Waals surface area (Å²) in [6.07, 6.45) is 9.25. The number of ether oxygens (including phenoxy) is 1. The van der Waals surface area contributed by atoms with E-state index in [4.69, 9.17) is 9.15 Å². The lowest BCUT2D eigenvalue weighted by Gasteiger charge is -2.11. The molecular weight excluding hydrogens is 312 g/mol. The third kappa shape index (κ3) is 5.05. The molecule has 0 saturated heterocycles. The summed E-state index contributed by atoms with van der Waals surface area (Å²) in [7, 11) is 0. The molecule has 0 radical (unpaired) electrons. The van der Waals surface area contributed by atoms with Crippen LogP contribution in [0.15, 0.2) is 47.0 Å². The second kappa shape index (κ2) is 8.65. The fourth-order valence-corrected chi connectivity index (χ4v) is 2.94. The number of nitrogens with zero attached hydrogens (tertiary/aromatic N) is 2. The van der Waals surface area contributed by atoms with Crippen molar-refractivity contribution in [2.24, 2.45) is 0 Å². The molecule has 0 bridgehead atoms. The molecule has 2 heterocycles. The fourth-order valence-electron chi connectivity index (χ4n) is 2.94. The SMILES string of the molecule is CCCc1nc2ccccc2o1.Cc1ccc(OC2CCCC2)nc1. The van der Waals surface area contributed by atoms with Crippen LogP contribution in [0.4, 0.5) is 0 Å². The summed E-state index contributed by atoms with van der Waals surface area (Å²) < 4.78 is 11.2. The molecule has 1 fully saturated rings. The molecule has 3 aromatic rings. The number of benzene rings is 1. The van der Waals surface area contributed by atoms with Crippen molar-refractivity contribution < 1.29 is 9.15 Å². The van der Waals surface area contributed by atoms with Gasteiger partial charge in [0.25, 0.3) is 0 Å². The zero-order valence-corrected chi connectivity index (χ0v) is 15.1. The summed E-state index contributed by atoms with van der Waals surface area (Å²) in [6, 6.07) is 11.8. The topological polar surface area (TPSA) is 48.2 Å². The zero-order chi connectivity index (χ0) is 17.5. The van der Waals surface area contributed by atoms with E-state index >= 15 is 0 Å². The molecule has 25 heavy (non-hydrogen) atoms. The van der Waals surface area contributed by atoms with E-state index in [0.717, 1.165) is 35.7 Å². The minimum Gasteiger partial charge on any atom is -0.474 e. The summed E-state index contributed by atoms with van der Waals surface area (Å²) in [6.45, 7) is 4.15. The number of hydrogen-bond donors (Lipinski definition) is 0. The third-order valence-corrected chi connectivity index (χ3v) is 4.28. The van der Waals surface area contributed by atoms with E-state index in [9.17, 15) is 0 Å². The highest BCUT2D eigenvalue weighted by molar-refractivity contribution is 5.72. The molecule has 132 valence electrons. The van der Waals surface area contributed by atoms with Crippen LogP contribution in [0.3, 0.4) is 0 Å². The molecule has 0 amide bonds. The Balaban J connectivity index is 0.000000146. The highest BCUT2D eigenvalue weighted by Crippen LogP contribution is 2.22. The van der Waals surface area contributed by atoms with Gasteiger partial charge in [-0.15, -0.1) is 0 Å². The Morgan fingerprint density at radius 2 is 1.92 bits per heavy atom. The van der Waals surface area contributed by atoms with Crippen molar-refractivity contribution in [2.45, 2.75) is 58.5 Å². The Hall–Kier alpha value is -2.36. The smallest absolute Gasteiger partial charge is 0.213 e. The van der Waals surface area contributed by atoms with Gasteiger partial charge in [-0.1, -0.05) is 25.1 Å². The number of aryl methyl sites for hydroxylation is 2. The number of aromatic nitrogens is 2. The molecule has 1 aromatic carbocycles. The zero-order valence-electron chi connectivity index (χ0n) is 15.1. The van der Waals surface area contributed by atoms with Gasteiger partial charge in [0.05, 0.1) is 0 Å². The Bertz CT molecular complexity index is 741. The van der Waals surface area contributed by atoms with Gasteiger partial charge in [-0.3, -0.25) is 0 Å².